The monoisotopic (exact) mass is 370 g/mol. The van der Waals surface area contributed by atoms with E-state index in [1.165, 1.54) is 11.9 Å². The molecule has 2 aromatic rings. The standard InChI is InChI=1S/C19H26N6O2/c1-3-25-18(20-14-21-25)15(2)22-19(27)24-12-11-23(17(26)13-24)10-9-16-7-5-4-6-8-16/h4-8,14-15H,3,9-13H2,1-2H3,(H,22,27). The molecular formula is C19H26N6O2. The number of rotatable bonds is 6. The second kappa shape index (κ2) is 8.66. The maximum atomic E-state index is 12.5. The smallest absolute Gasteiger partial charge is 0.318 e. The van der Waals surface area contributed by atoms with Crippen LogP contribution in [0.15, 0.2) is 36.7 Å². The van der Waals surface area contributed by atoms with Crippen molar-refractivity contribution in [3.8, 4) is 0 Å². The van der Waals surface area contributed by atoms with Crippen molar-refractivity contribution in [2.24, 2.45) is 0 Å². The van der Waals surface area contributed by atoms with Crippen LogP contribution in [0.2, 0.25) is 0 Å². The molecule has 0 radical (unpaired) electrons. The SMILES string of the molecule is CCn1ncnc1C(C)NC(=O)N1CCN(CCc2ccccc2)C(=O)C1. The number of nitrogens with zero attached hydrogens (tertiary/aromatic N) is 5. The van der Waals surface area contributed by atoms with Crippen LogP contribution >= 0.6 is 0 Å². The van der Waals surface area contributed by atoms with E-state index in [4.69, 9.17) is 0 Å². The van der Waals surface area contributed by atoms with E-state index < -0.39 is 0 Å². The van der Waals surface area contributed by atoms with Gasteiger partial charge in [-0.05, 0) is 25.8 Å². The third-order valence-corrected chi connectivity index (χ3v) is 4.79. The van der Waals surface area contributed by atoms with Crippen molar-refractivity contribution in [3.63, 3.8) is 0 Å². The number of aromatic nitrogens is 3. The quantitative estimate of drug-likeness (QED) is 0.834. The Balaban J connectivity index is 1.50. The predicted molar refractivity (Wildman–Crippen MR) is 101 cm³/mol. The highest BCUT2D eigenvalue weighted by atomic mass is 16.2. The summed E-state index contributed by atoms with van der Waals surface area (Å²) in [5, 5.41) is 7.04. The number of benzene rings is 1. The van der Waals surface area contributed by atoms with Crippen molar-refractivity contribution >= 4 is 11.9 Å². The van der Waals surface area contributed by atoms with Crippen molar-refractivity contribution in [2.75, 3.05) is 26.2 Å². The molecule has 1 aliphatic rings. The van der Waals surface area contributed by atoms with E-state index in [-0.39, 0.29) is 24.5 Å². The molecule has 1 fully saturated rings. The summed E-state index contributed by atoms with van der Waals surface area (Å²) < 4.78 is 1.75. The average molecular weight is 370 g/mol. The largest absolute Gasteiger partial charge is 0.339 e. The molecule has 0 aliphatic carbocycles. The number of carbonyl (C=O) groups is 2. The number of urea groups is 1. The lowest BCUT2D eigenvalue weighted by Crippen LogP contribution is -2.55. The van der Waals surface area contributed by atoms with Crippen molar-refractivity contribution in [3.05, 3.63) is 48.0 Å². The van der Waals surface area contributed by atoms with E-state index in [0.717, 1.165) is 6.42 Å². The summed E-state index contributed by atoms with van der Waals surface area (Å²) in [5.41, 5.74) is 1.21. The molecule has 3 amide bonds. The number of aryl methyl sites for hydroxylation is 1. The summed E-state index contributed by atoms with van der Waals surface area (Å²) in [6.45, 7) is 6.39. The third-order valence-electron chi connectivity index (χ3n) is 4.79. The molecule has 3 rings (SSSR count). The Morgan fingerprint density at radius 1 is 1.26 bits per heavy atom. The molecule has 8 nitrogen and oxygen atoms in total. The summed E-state index contributed by atoms with van der Waals surface area (Å²) in [5.74, 6) is 0.690. The number of hydrogen-bond donors (Lipinski definition) is 1. The van der Waals surface area contributed by atoms with Gasteiger partial charge in [-0.3, -0.25) is 4.79 Å². The number of hydrogen-bond acceptors (Lipinski definition) is 4. The van der Waals surface area contributed by atoms with E-state index in [1.54, 1.807) is 9.58 Å². The lowest BCUT2D eigenvalue weighted by molar-refractivity contribution is -0.134. The Morgan fingerprint density at radius 2 is 2.04 bits per heavy atom. The zero-order chi connectivity index (χ0) is 19.2. The Kier molecular flexibility index (Phi) is 6.05. The highest BCUT2D eigenvalue weighted by molar-refractivity contribution is 5.85. The van der Waals surface area contributed by atoms with Crippen molar-refractivity contribution in [2.45, 2.75) is 32.9 Å². The third kappa shape index (κ3) is 4.64. The molecule has 0 saturated carbocycles. The van der Waals surface area contributed by atoms with Crippen LogP contribution in [0.5, 0.6) is 0 Å². The van der Waals surface area contributed by atoms with E-state index in [9.17, 15) is 9.59 Å². The minimum absolute atomic E-state index is 0.0169. The van der Waals surface area contributed by atoms with Gasteiger partial charge in [0.05, 0.1) is 6.04 Å². The van der Waals surface area contributed by atoms with E-state index in [1.807, 2.05) is 36.9 Å². The van der Waals surface area contributed by atoms with Crippen LogP contribution in [-0.2, 0) is 17.8 Å². The maximum absolute atomic E-state index is 12.5. The van der Waals surface area contributed by atoms with Crippen LogP contribution in [0.1, 0.15) is 31.3 Å². The van der Waals surface area contributed by atoms with Gasteiger partial charge in [-0.15, -0.1) is 0 Å². The molecule has 0 spiro atoms. The normalized spacial score (nSPS) is 15.7. The Bertz CT molecular complexity index is 776. The molecule has 1 aromatic carbocycles. The van der Waals surface area contributed by atoms with Gasteiger partial charge in [-0.25, -0.2) is 14.5 Å². The molecular weight excluding hydrogens is 344 g/mol. The van der Waals surface area contributed by atoms with Gasteiger partial charge in [-0.2, -0.15) is 5.10 Å². The van der Waals surface area contributed by atoms with Gasteiger partial charge in [0.25, 0.3) is 0 Å². The minimum atomic E-state index is -0.272. The Morgan fingerprint density at radius 3 is 2.74 bits per heavy atom. The minimum Gasteiger partial charge on any atom is -0.339 e. The molecule has 0 bridgehead atoms. The molecule has 27 heavy (non-hydrogen) atoms. The van der Waals surface area contributed by atoms with E-state index >= 15 is 0 Å². The molecule has 1 atom stereocenters. The second-order valence-electron chi connectivity index (χ2n) is 6.64. The zero-order valence-corrected chi connectivity index (χ0v) is 15.8. The van der Waals surface area contributed by atoms with Crippen LogP contribution in [0.3, 0.4) is 0 Å². The molecule has 2 heterocycles. The summed E-state index contributed by atoms with van der Waals surface area (Å²) >= 11 is 0. The lowest BCUT2D eigenvalue weighted by atomic mass is 10.1. The van der Waals surface area contributed by atoms with E-state index in [2.05, 4.69) is 27.5 Å². The zero-order valence-electron chi connectivity index (χ0n) is 15.8. The fourth-order valence-corrected chi connectivity index (χ4v) is 3.22. The molecule has 1 aromatic heterocycles. The second-order valence-corrected chi connectivity index (χ2v) is 6.64. The average Bonchev–Trinajstić information content (AvgIpc) is 3.16. The Labute approximate surface area is 159 Å². The first-order chi connectivity index (χ1) is 13.1. The van der Waals surface area contributed by atoms with Crippen LogP contribution < -0.4 is 5.32 Å². The van der Waals surface area contributed by atoms with Gasteiger partial charge in [0, 0.05) is 26.2 Å². The predicted octanol–water partition coefficient (Wildman–Crippen LogP) is 1.46. The van der Waals surface area contributed by atoms with Crippen molar-refractivity contribution < 1.29 is 9.59 Å². The summed E-state index contributed by atoms with van der Waals surface area (Å²) in [6.07, 6.45) is 2.30. The molecule has 144 valence electrons. The summed E-state index contributed by atoms with van der Waals surface area (Å²) in [7, 11) is 0. The van der Waals surface area contributed by atoms with Crippen LogP contribution in [0.4, 0.5) is 4.79 Å². The highest BCUT2D eigenvalue weighted by Gasteiger charge is 2.28. The van der Waals surface area contributed by atoms with E-state index in [0.29, 0.717) is 32.0 Å². The number of piperazine rings is 1. The van der Waals surface area contributed by atoms with Crippen molar-refractivity contribution in [1.82, 2.24) is 29.9 Å². The topological polar surface area (TPSA) is 83.4 Å². The molecule has 8 heteroatoms. The number of amides is 3. The van der Waals surface area contributed by atoms with Gasteiger partial charge in [0.2, 0.25) is 5.91 Å². The van der Waals surface area contributed by atoms with Gasteiger partial charge in [0.1, 0.15) is 18.7 Å². The van der Waals surface area contributed by atoms with Gasteiger partial charge >= 0.3 is 6.03 Å². The lowest BCUT2D eigenvalue weighted by Gasteiger charge is -2.34. The summed E-state index contributed by atoms with van der Waals surface area (Å²) in [4.78, 5) is 32.5. The van der Waals surface area contributed by atoms with Gasteiger partial charge < -0.3 is 15.1 Å². The van der Waals surface area contributed by atoms with Crippen LogP contribution in [0.25, 0.3) is 0 Å². The van der Waals surface area contributed by atoms with Gasteiger partial charge in [0.15, 0.2) is 0 Å². The Hall–Kier alpha value is -2.90. The molecule has 1 unspecified atom stereocenters. The highest BCUT2D eigenvalue weighted by Crippen LogP contribution is 2.11. The number of nitrogens with one attached hydrogen (secondary N) is 1. The maximum Gasteiger partial charge on any atom is 0.318 e. The molecule has 1 saturated heterocycles. The summed E-state index contributed by atoms with van der Waals surface area (Å²) in [6, 6.07) is 9.58. The first kappa shape index (κ1) is 18.9. The first-order valence-corrected chi connectivity index (χ1v) is 9.33. The number of carbonyl (C=O) groups excluding carboxylic acids is 2. The van der Waals surface area contributed by atoms with Crippen LogP contribution in [0, 0.1) is 0 Å². The molecule has 1 N–H and O–H groups in total. The first-order valence-electron chi connectivity index (χ1n) is 9.33. The fraction of sp³-hybridized carbons (Fsp3) is 0.474. The van der Waals surface area contributed by atoms with Gasteiger partial charge in [-0.1, -0.05) is 30.3 Å². The fourth-order valence-electron chi connectivity index (χ4n) is 3.22. The molecule has 1 aliphatic heterocycles. The van der Waals surface area contributed by atoms with Crippen molar-refractivity contribution in [1.29, 1.82) is 0 Å². The van der Waals surface area contributed by atoms with Crippen LogP contribution in [-0.4, -0.2) is 62.7 Å².